The van der Waals surface area contributed by atoms with Crippen LogP contribution in [0.3, 0.4) is 0 Å². The summed E-state index contributed by atoms with van der Waals surface area (Å²) in [6, 6.07) is 17.8. The molecule has 0 saturated heterocycles. The molecule has 4 aromatic rings. The second-order valence-electron chi connectivity index (χ2n) is 5.54. The molecule has 0 saturated carbocycles. The predicted octanol–water partition coefficient (Wildman–Crippen LogP) is 3.38. The molecule has 0 radical (unpaired) electrons. The van der Waals surface area contributed by atoms with E-state index in [1.807, 2.05) is 54.6 Å². The van der Waals surface area contributed by atoms with Crippen molar-refractivity contribution in [1.82, 2.24) is 19.9 Å². The van der Waals surface area contributed by atoms with Crippen LogP contribution in [0.2, 0.25) is 0 Å². The Bertz CT molecular complexity index is 1010. The highest BCUT2D eigenvalue weighted by Gasteiger charge is 2.03. The van der Waals surface area contributed by atoms with Gasteiger partial charge in [0, 0.05) is 0 Å². The van der Waals surface area contributed by atoms with Crippen LogP contribution in [-0.4, -0.2) is 26.2 Å². The lowest BCUT2D eigenvalue weighted by molar-refractivity contribution is 0.306. The zero-order valence-corrected chi connectivity index (χ0v) is 13.8. The Morgan fingerprint density at radius 1 is 1.00 bits per heavy atom. The first-order valence-electron chi connectivity index (χ1n) is 8.08. The Morgan fingerprint density at radius 3 is 2.69 bits per heavy atom. The first kappa shape index (κ1) is 15.8. The number of ether oxygens (including phenoxy) is 1. The van der Waals surface area contributed by atoms with Gasteiger partial charge in [-0.1, -0.05) is 30.3 Å². The summed E-state index contributed by atoms with van der Waals surface area (Å²) in [5.41, 5.74) is 6.29. The molecule has 2 aromatic heterocycles. The molecule has 0 unspecified atom stereocenters. The van der Waals surface area contributed by atoms with E-state index in [-0.39, 0.29) is 0 Å². The fraction of sp³-hybridized carbons (Fsp3) is 0.0526. The monoisotopic (exact) mass is 344 g/mol. The third-order valence-electron chi connectivity index (χ3n) is 3.74. The van der Waals surface area contributed by atoms with Gasteiger partial charge in [-0.3, -0.25) is 5.43 Å². The van der Waals surface area contributed by atoms with Gasteiger partial charge in [-0.05, 0) is 35.4 Å². The highest BCUT2D eigenvalue weighted by atomic mass is 16.5. The normalized spacial score (nSPS) is 11.1. The van der Waals surface area contributed by atoms with Gasteiger partial charge in [0.05, 0.1) is 12.5 Å². The molecule has 0 amide bonds. The maximum Gasteiger partial charge on any atom is 0.182 e. The number of rotatable bonds is 6. The Kier molecular flexibility index (Phi) is 4.51. The molecular weight excluding hydrogens is 328 g/mol. The number of nitrogens with one attached hydrogen (secondary N) is 2. The van der Waals surface area contributed by atoms with Gasteiger partial charge >= 0.3 is 0 Å². The van der Waals surface area contributed by atoms with Crippen molar-refractivity contribution in [1.29, 1.82) is 0 Å². The van der Waals surface area contributed by atoms with E-state index >= 15 is 0 Å². The quantitative estimate of drug-likeness (QED) is 0.413. The molecule has 0 aliphatic heterocycles. The Balaban J connectivity index is 1.36. The Morgan fingerprint density at radius 2 is 1.85 bits per heavy atom. The van der Waals surface area contributed by atoms with E-state index in [4.69, 9.17) is 4.74 Å². The molecule has 2 N–H and O–H groups in total. The number of H-pyrrole nitrogens is 1. The van der Waals surface area contributed by atoms with E-state index in [9.17, 15) is 0 Å². The van der Waals surface area contributed by atoms with E-state index in [2.05, 4.69) is 30.5 Å². The molecule has 0 bridgehead atoms. The molecule has 2 heterocycles. The number of hydrazone groups is 1. The lowest BCUT2D eigenvalue weighted by Crippen LogP contribution is -1.96. The Labute approximate surface area is 149 Å². The van der Waals surface area contributed by atoms with Crippen molar-refractivity contribution in [2.75, 3.05) is 5.43 Å². The van der Waals surface area contributed by atoms with Crippen molar-refractivity contribution in [3.05, 3.63) is 78.4 Å². The molecule has 0 spiro atoms. The lowest BCUT2D eigenvalue weighted by Gasteiger charge is -2.06. The number of anilines is 1. The van der Waals surface area contributed by atoms with Crippen molar-refractivity contribution >= 4 is 23.2 Å². The zero-order chi connectivity index (χ0) is 17.6. The number of hydrogen-bond acceptors (Lipinski definition) is 6. The molecule has 7 nitrogen and oxygen atoms in total. The minimum absolute atomic E-state index is 0.545. The minimum atomic E-state index is 0.545. The van der Waals surface area contributed by atoms with E-state index in [1.54, 1.807) is 12.5 Å². The molecule has 26 heavy (non-hydrogen) atoms. The number of imidazole rings is 1. The highest BCUT2D eigenvalue weighted by Crippen LogP contribution is 2.15. The molecule has 0 atom stereocenters. The van der Waals surface area contributed by atoms with Crippen LogP contribution >= 0.6 is 0 Å². The van der Waals surface area contributed by atoms with Crippen LogP contribution in [0.5, 0.6) is 5.75 Å². The SMILES string of the molecule is C(=NNc1ncnc2nc[nH]c12)c1ccc(OCc2ccccc2)cc1. The maximum absolute atomic E-state index is 5.77. The third-order valence-corrected chi connectivity index (χ3v) is 3.74. The van der Waals surface area contributed by atoms with Gasteiger partial charge in [-0.15, -0.1) is 0 Å². The molecule has 0 aliphatic carbocycles. The van der Waals surface area contributed by atoms with Crippen LogP contribution in [0.1, 0.15) is 11.1 Å². The molecular formula is C19H16N6O. The van der Waals surface area contributed by atoms with Crippen molar-refractivity contribution in [3.63, 3.8) is 0 Å². The van der Waals surface area contributed by atoms with Crippen molar-refractivity contribution in [2.45, 2.75) is 6.61 Å². The van der Waals surface area contributed by atoms with Gasteiger partial charge in [-0.25, -0.2) is 15.0 Å². The largest absolute Gasteiger partial charge is 0.489 e. The third kappa shape index (κ3) is 3.67. The Hall–Kier alpha value is -3.74. The summed E-state index contributed by atoms with van der Waals surface area (Å²) in [6.07, 6.45) is 4.73. The summed E-state index contributed by atoms with van der Waals surface area (Å²) in [5, 5.41) is 4.21. The van der Waals surface area contributed by atoms with Crippen LogP contribution in [0.25, 0.3) is 11.2 Å². The van der Waals surface area contributed by atoms with Crippen molar-refractivity contribution < 1.29 is 4.74 Å². The first-order valence-corrected chi connectivity index (χ1v) is 8.08. The van der Waals surface area contributed by atoms with Gasteiger partial charge in [0.1, 0.15) is 24.2 Å². The molecule has 128 valence electrons. The second-order valence-corrected chi connectivity index (χ2v) is 5.54. The van der Waals surface area contributed by atoms with E-state index in [0.29, 0.717) is 23.6 Å². The standard InChI is InChI=1S/C19H16N6O/c1-2-4-15(5-3-1)11-26-16-8-6-14(7-9-16)10-24-25-19-17-18(21-12-20-17)22-13-23-19/h1-10,12-13H,11H2,(H2,20,21,22,23,25). The molecule has 2 aromatic carbocycles. The first-order chi connectivity index (χ1) is 12.9. The van der Waals surface area contributed by atoms with Gasteiger partial charge in [0.15, 0.2) is 11.5 Å². The van der Waals surface area contributed by atoms with E-state index < -0.39 is 0 Å². The zero-order valence-electron chi connectivity index (χ0n) is 13.8. The average Bonchev–Trinajstić information content (AvgIpc) is 3.18. The number of aromatic nitrogens is 4. The summed E-state index contributed by atoms with van der Waals surface area (Å²) in [5.74, 6) is 1.39. The van der Waals surface area contributed by atoms with E-state index in [1.165, 1.54) is 6.33 Å². The number of aromatic amines is 1. The van der Waals surface area contributed by atoms with Crippen LogP contribution in [0.15, 0.2) is 72.4 Å². The predicted molar refractivity (Wildman–Crippen MR) is 100 cm³/mol. The van der Waals surface area contributed by atoms with Crippen LogP contribution in [0, 0.1) is 0 Å². The average molecular weight is 344 g/mol. The number of hydrogen-bond donors (Lipinski definition) is 2. The lowest BCUT2D eigenvalue weighted by atomic mass is 10.2. The molecule has 7 heteroatoms. The maximum atomic E-state index is 5.77. The van der Waals surface area contributed by atoms with Gasteiger partial charge in [0.2, 0.25) is 0 Å². The number of benzene rings is 2. The number of nitrogens with zero attached hydrogens (tertiary/aromatic N) is 4. The van der Waals surface area contributed by atoms with Gasteiger partial charge < -0.3 is 9.72 Å². The van der Waals surface area contributed by atoms with Crippen LogP contribution in [-0.2, 0) is 6.61 Å². The topological polar surface area (TPSA) is 88.1 Å². The van der Waals surface area contributed by atoms with Crippen molar-refractivity contribution in [2.24, 2.45) is 5.10 Å². The highest BCUT2D eigenvalue weighted by molar-refractivity contribution is 5.84. The smallest absolute Gasteiger partial charge is 0.182 e. The fourth-order valence-electron chi connectivity index (χ4n) is 2.41. The van der Waals surface area contributed by atoms with Crippen LogP contribution < -0.4 is 10.2 Å². The van der Waals surface area contributed by atoms with E-state index in [0.717, 1.165) is 16.9 Å². The van der Waals surface area contributed by atoms with Crippen LogP contribution in [0.4, 0.5) is 5.82 Å². The van der Waals surface area contributed by atoms with Gasteiger partial charge in [-0.2, -0.15) is 5.10 Å². The molecule has 0 aliphatic rings. The second kappa shape index (κ2) is 7.43. The summed E-state index contributed by atoms with van der Waals surface area (Å²) >= 11 is 0. The minimum Gasteiger partial charge on any atom is -0.489 e. The summed E-state index contributed by atoms with van der Waals surface area (Å²) in [4.78, 5) is 15.3. The summed E-state index contributed by atoms with van der Waals surface area (Å²) in [7, 11) is 0. The van der Waals surface area contributed by atoms with Crippen molar-refractivity contribution in [3.8, 4) is 5.75 Å². The number of fused-ring (bicyclic) bond motifs is 1. The molecule has 0 fully saturated rings. The molecule has 4 rings (SSSR count). The summed E-state index contributed by atoms with van der Waals surface area (Å²) in [6.45, 7) is 0.545. The fourth-order valence-corrected chi connectivity index (χ4v) is 2.41. The summed E-state index contributed by atoms with van der Waals surface area (Å²) < 4.78 is 5.77. The van der Waals surface area contributed by atoms with Gasteiger partial charge in [0.25, 0.3) is 0 Å².